The van der Waals surface area contributed by atoms with Gasteiger partial charge in [-0.2, -0.15) is 0 Å². The van der Waals surface area contributed by atoms with Gasteiger partial charge in [0.05, 0.1) is 13.7 Å². The van der Waals surface area contributed by atoms with Crippen molar-refractivity contribution in [2.24, 2.45) is 0 Å². The number of hydrogen-bond donors (Lipinski definition) is 1. The molecule has 0 radical (unpaired) electrons. The SMILES string of the molecule is CCCOc1c(CNCc2ccc(C)cc2)cc(Br)cc1OC. The van der Waals surface area contributed by atoms with Gasteiger partial charge in [0.25, 0.3) is 0 Å². The number of benzene rings is 2. The van der Waals surface area contributed by atoms with Crippen molar-refractivity contribution in [2.45, 2.75) is 33.4 Å². The first kappa shape index (κ1) is 17.8. The highest BCUT2D eigenvalue weighted by atomic mass is 79.9. The van der Waals surface area contributed by atoms with Crippen LogP contribution >= 0.6 is 15.9 Å². The predicted octanol–water partition coefficient (Wildman–Crippen LogP) is 4.84. The standard InChI is InChI=1S/C19H24BrNO2/c1-4-9-23-19-16(10-17(20)11-18(19)22-3)13-21-12-15-7-5-14(2)6-8-15/h5-8,10-11,21H,4,9,12-13H2,1-3H3. The smallest absolute Gasteiger partial charge is 0.165 e. The zero-order valence-corrected chi connectivity index (χ0v) is 15.6. The lowest BCUT2D eigenvalue weighted by molar-refractivity contribution is 0.290. The summed E-state index contributed by atoms with van der Waals surface area (Å²) in [6, 6.07) is 12.6. The molecule has 124 valence electrons. The van der Waals surface area contributed by atoms with Gasteiger partial charge in [-0.3, -0.25) is 0 Å². The first-order chi connectivity index (χ1) is 11.1. The molecule has 0 spiro atoms. The molecular weight excluding hydrogens is 354 g/mol. The number of rotatable bonds is 8. The third-order valence-corrected chi connectivity index (χ3v) is 3.99. The van der Waals surface area contributed by atoms with Crippen LogP contribution in [0.15, 0.2) is 40.9 Å². The fourth-order valence-corrected chi connectivity index (χ4v) is 2.81. The van der Waals surface area contributed by atoms with Crippen molar-refractivity contribution < 1.29 is 9.47 Å². The molecule has 2 aromatic rings. The number of hydrogen-bond acceptors (Lipinski definition) is 3. The summed E-state index contributed by atoms with van der Waals surface area (Å²) in [7, 11) is 1.67. The largest absolute Gasteiger partial charge is 0.493 e. The lowest BCUT2D eigenvalue weighted by Gasteiger charge is -2.16. The van der Waals surface area contributed by atoms with E-state index in [0.717, 1.165) is 41.0 Å². The molecule has 3 nitrogen and oxygen atoms in total. The van der Waals surface area contributed by atoms with Gasteiger partial charge in [0.2, 0.25) is 0 Å². The average Bonchev–Trinajstić information content (AvgIpc) is 2.55. The van der Waals surface area contributed by atoms with Gasteiger partial charge in [0.1, 0.15) is 0 Å². The van der Waals surface area contributed by atoms with E-state index in [2.05, 4.69) is 65.4 Å². The van der Waals surface area contributed by atoms with Gasteiger partial charge >= 0.3 is 0 Å². The normalized spacial score (nSPS) is 10.6. The van der Waals surface area contributed by atoms with Crippen molar-refractivity contribution >= 4 is 15.9 Å². The van der Waals surface area contributed by atoms with E-state index in [4.69, 9.17) is 9.47 Å². The molecule has 2 aromatic carbocycles. The summed E-state index contributed by atoms with van der Waals surface area (Å²) < 4.78 is 12.3. The van der Waals surface area contributed by atoms with Crippen LogP contribution in [0.1, 0.15) is 30.0 Å². The first-order valence-electron chi connectivity index (χ1n) is 7.89. The third kappa shape index (κ3) is 5.26. The molecule has 0 saturated carbocycles. The van der Waals surface area contributed by atoms with E-state index in [0.29, 0.717) is 6.61 Å². The Hall–Kier alpha value is -1.52. The summed E-state index contributed by atoms with van der Waals surface area (Å²) in [5.41, 5.74) is 3.64. The summed E-state index contributed by atoms with van der Waals surface area (Å²) in [4.78, 5) is 0. The second-order valence-electron chi connectivity index (χ2n) is 5.53. The maximum absolute atomic E-state index is 5.90. The molecule has 0 saturated heterocycles. The fraction of sp³-hybridized carbons (Fsp3) is 0.368. The Labute approximate surface area is 147 Å². The van der Waals surface area contributed by atoms with Crippen molar-refractivity contribution in [3.05, 3.63) is 57.6 Å². The van der Waals surface area contributed by atoms with E-state index in [1.54, 1.807) is 7.11 Å². The molecule has 0 aromatic heterocycles. The highest BCUT2D eigenvalue weighted by Crippen LogP contribution is 2.35. The molecule has 4 heteroatoms. The number of nitrogens with one attached hydrogen (secondary N) is 1. The molecule has 2 rings (SSSR count). The number of methoxy groups -OCH3 is 1. The number of ether oxygens (including phenoxy) is 2. The van der Waals surface area contributed by atoms with E-state index in [-0.39, 0.29) is 0 Å². The molecule has 0 aliphatic rings. The van der Waals surface area contributed by atoms with Crippen LogP contribution in [0.25, 0.3) is 0 Å². The Bertz CT molecular complexity index is 626. The highest BCUT2D eigenvalue weighted by molar-refractivity contribution is 9.10. The van der Waals surface area contributed by atoms with Gasteiger partial charge in [-0.1, -0.05) is 52.7 Å². The second kappa shape index (κ2) is 8.94. The molecular formula is C19H24BrNO2. The van der Waals surface area contributed by atoms with Gasteiger partial charge in [0.15, 0.2) is 11.5 Å². The van der Waals surface area contributed by atoms with Crippen molar-refractivity contribution in [2.75, 3.05) is 13.7 Å². The lowest BCUT2D eigenvalue weighted by Crippen LogP contribution is -2.14. The zero-order chi connectivity index (χ0) is 16.7. The van der Waals surface area contributed by atoms with Crippen LogP contribution in [0, 0.1) is 6.92 Å². The van der Waals surface area contributed by atoms with Crippen LogP contribution in [0.4, 0.5) is 0 Å². The topological polar surface area (TPSA) is 30.5 Å². The molecule has 0 amide bonds. The second-order valence-corrected chi connectivity index (χ2v) is 6.45. The summed E-state index contributed by atoms with van der Waals surface area (Å²) in [6.07, 6.45) is 0.968. The van der Waals surface area contributed by atoms with Crippen LogP contribution in [0.3, 0.4) is 0 Å². The maximum atomic E-state index is 5.90. The lowest BCUT2D eigenvalue weighted by atomic mass is 10.1. The molecule has 1 N–H and O–H groups in total. The van der Waals surface area contributed by atoms with Gasteiger partial charge < -0.3 is 14.8 Å². The monoisotopic (exact) mass is 377 g/mol. The Kier molecular flexibility index (Phi) is 6.93. The van der Waals surface area contributed by atoms with Gasteiger partial charge in [-0.15, -0.1) is 0 Å². The molecule has 0 fully saturated rings. The van der Waals surface area contributed by atoms with E-state index in [1.807, 2.05) is 6.07 Å². The number of aryl methyl sites for hydroxylation is 1. The van der Waals surface area contributed by atoms with Gasteiger partial charge in [-0.25, -0.2) is 0 Å². The van der Waals surface area contributed by atoms with Crippen LogP contribution < -0.4 is 14.8 Å². The van der Waals surface area contributed by atoms with Crippen molar-refractivity contribution in [1.82, 2.24) is 5.32 Å². The molecule has 0 bridgehead atoms. The first-order valence-corrected chi connectivity index (χ1v) is 8.68. The quantitative estimate of drug-likeness (QED) is 0.713. The van der Waals surface area contributed by atoms with Crippen LogP contribution in [-0.2, 0) is 13.1 Å². The Balaban J connectivity index is 2.07. The fourth-order valence-electron chi connectivity index (χ4n) is 2.32. The number of halogens is 1. The molecule has 0 aliphatic heterocycles. The van der Waals surface area contributed by atoms with Crippen molar-refractivity contribution in [3.8, 4) is 11.5 Å². The van der Waals surface area contributed by atoms with Crippen LogP contribution in [0.5, 0.6) is 11.5 Å². The van der Waals surface area contributed by atoms with E-state index < -0.39 is 0 Å². The van der Waals surface area contributed by atoms with Crippen molar-refractivity contribution in [3.63, 3.8) is 0 Å². The minimum Gasteiger partial charge on any atom is -0.493 e. The summed E-state index contributed by atoms with van der Waals surface area (Å²) >= 11 is 3.54. The van der Waals surface area contributed by atoms with E-state index in [9.17, 15) is 0 Å². The molecule has 23 heavy (non-hydrogen) atoms. The maximum Gasteiger partial charge on any atom is 0.165 e. The molecule has 0 heterocycles. The minimum atomic E-state index is 0.683. The minimum absolute atomic E-state index is 0.683. The van der Waals surface area contributed by atoms with E-state index >= 15 is 0 Å². The third-order valence-electron chi connectivity index (χ3n) is 3.53. The Morgan fingerprint density at radius 1 is 1.09 bits per heavy atom. The molecule has 0 unspecified atom stereocenters. The van der Waals surface area contributed by atoms with Crippen LogP contribution in [-0.4, -0.2) is 13.7 Å². The molecule has 0 atom stereocenters. The Morgan fingerprint density at radius 3 is 2.48 bits per heavy atom. The highest BCUT2D eigenvalue weighted by Gasteiger charge is 2.12. The summed E-state index contributed by atoms with van der Waals surface area (Å²) in [6.45, 7) is 6.43. The van der Waals surface area contributed by atoms with Crippen molar-refractivity contribution in [1.29, 1.82) is 0 Å². The summed E-state index contributed by atoms with van der Waals surface area (Å²) in [5, 5.41) is 3.48. The summed E-state index contributed by atoms with van der Waals surface area (Å²) in [5.74, 6) is 1.59. The average molecular weight is 378 g/mol. The van der Waals surface area contributed by atoms with E-state index in [1.165, 1.54) is 11.1 Å². The van der Waals surface area contributed by atoms with Gasteiger partial charge in [0, 0.05) is 23.1 Å². The zero-order valence-electron chi connectivity index (χ0n) is 14.0. The van der Waals surface area contributed by atoms with Gasteiger partial charge in [-0.05, 0) is 31.0 Å². The predicted molar refractivity (Wildman–Crippen MR) is 98.2 cm³/mol. The molecule has 0 aliphatic carbocycles. The Morgan fingerprint density at radius 2 is 1.83 bits per heavy atom. The van der Waals surface area contributed by atoms with Crippen LogP contribution in [0.2, 0.25) is 0 Å².